The van der Waals surface area contributed by atoms with Gasteiger partial charge in [-0.15, -0.1) is 0 Å². The number of ether oxygens (including phenoxy) is 1. The largest absolute Gasteiger partial charge is 0.493 e. The molecule has 0 fully saturated rings. The van der Waals surface area contributed by atoms with Gasteiger partial charge in [-0.1, -0.05) is 0 Å². The monoisotopic (exact) mass is 389 g/mol. The van der Waals surface area contributed by atoms with Gasteiger partial charge in [-0.25, -0.2) is 13.6 Å². The van der Waals surface area contributed by atoms with E-state index in [1.165, 1.54) is 6.92 Å². The number of nitrogens with one attached hydrogen (secondary N) is 1. The average Bonchev–Trinajstić information content (AvgIpc) is 2.53. The molecule has 2 aromatic rings. The van der Waals surface area contributed by atoms with Crippen molar-refractivity contribution in [3.63, 3.8) is 0 Å². The van der Waals surface area contributed by atoms with Crippen LogP contribution in [0.1, 0.15) is 33.2 Å². The molecule has 0 radical (unpaired) electrons. The van der Waals surface area contributed by atoms with Gasteiger partial charge < -0.3 is 15.2 Å². The number of hydrogen-bond donors (Lipinski definition) is 2. The Balaban J connectivity index is 2.35. The second-order valence-corrected chi connectivity index (χ2v) is 5.22. The van der Waals surface area contributed by atoms with E-state index in [1.54, 1.807) is 0 Å². The highest BCUT2D eigenvalue weighted by atomic mass is 19.4. The predicted molar refractivity (Wildman–Crippen MR) is 83.9 cm³/mol. The third-order valence-corrected chi connectivity index (χ3v) is 3.36. The maximum absolute atomic E-state index is 13.6. The highest BCUT2D eigenvalue weighted by Crippen LogP contribution is 2.37. The molecule has 0 atom stereocenters. The molecule has 10 heteroatoms. The summed E-state index contributed by atoms with van der Waals surface area (Å²) in [6.07, 6.45) is -4.79. The molecule has 0 saturated carbocycles. The van der Waals surface area contributed by atoms with Gasteiger partial charge in [0.2, 0.25) is 0 Å². The van der Waals surface area contributed by atoms with E-state index in [-0.39, 0.29) is 6.61 Å². The number of anilines is 1. The Morgan fingerprint density at radius 2 is 1.70 bits per heavy atom. The summed E-state index contributed by atoms with van der Waals surface area (Å²) in [5.41, 5.74) is -3.29. The van der Waals surface area contributed by atoms with Gasteiger partial charge in [0, 0.05) is 11.3 Å². The van der Waals surface area contributed by atoms with Gasteiger partial charge in [-0.2, -0.15) is 13.2 Å². The van der Waals surface area contributed by atoms with Crippen molar-refractivity contribution < 1.29 is 41.4 Å². The van der Waals surface area contributed by atoms with Crippen molar-refractivity contribution >= 4 is 17.6 Å². The van der Waals surface area contributed by atoms with Gasteiger partial charge in [0.15, 0.2) is 0 Å². The first-order valence-electron chi connectivity index (χ1n) is 7.42. The maximum atomic E-state index is 13.6. The number of amides is 1. The first kappa shape index (κ1) is 20.1. The average molecular weight is 389 g/mol. The lowest BCUT2D eigenvalue weighted by Crippen LogP contribution is -2.16. The molecule has 1 amide bonds. The SMILES string of the molecule is CCOc1ccc(C(=O)Nc2cc(F)c(C(=O)O)c(F)c2)cc1C(F)(F)F. The molecule has 144 valence electrons. The number of carboxylic acid groups (broad SMARTS) is 1. The molecule has 0 saturated heterocycles. The number of carbonyl (C=O) groups is 2. The lowest BCUT2D eigenvalue weighted by molar-refractivity contribution is -0.138. The highest BCUT2D eigenvalue weighted by molar-refractivity contribution is 6.04. The molecule has 2 aromatic carbocycles. The van der Waals surface area contributed by atoms with Crippen molar-refractivity contribution in [3.8, 4) is 5.75 Å². The van der Waals surface area contributed by atoms with E-state index < -0.39 is 57.8 Å². The first-order chi connectivity index (χ1) is 12.5. The van der Waals surface area contributed by atoms with Crippen molar-refractivity contribution in [2.24, 2.45) is 0 Å². The number of hydrogen-bond acceptors (Lipinski definition) is 3. The molecular formula is C17H12F5NO4. The molecular weight excluding hydrogens is 377 g/mol. The fraction of sp³-hybridized carbons (Fsp3) is 0.176. The lowest BCUT2D eigenvalue weighted by Gasteiger charge is -2.14. The Bertz CT molecular complexity index is 872. The summed E-state index contributed by atoms with van der Waals surface area (Å²) >= 11 is 0. The Labute approximate surface area is 149 Å². The van der Waals surface area contributed by atoms with Crippen LogP contribution in [0, 0.1) is 11.6 Å². The fourth-order valence-corrected chi connectivity index (χ4v) is 2.23. The summed E-state index contributed by atoms with van der Waals surface area (Å²) in [5, 5.41) is 10.7. The predicted octanol–water partition coefficient (Wildman–Crippen LogP) is 4.33. The molecule has 0 aromatic heterocycles. The number of aromatic carboxylic acids is 1. The van der Waals surface area contributed by atoms with Gasteiger partial charge >= 0.3 is 12.1 Å². The van der Waals surface area contributed by atoms with E-state index >= 15 is 0 Å². The van der Waals surface area contributed by atoms with Gasteiger partial charge in [0.25, 0.3) is 5.91 Å². The highest BCUT2D eigenvalue weighted by Gasteiger charge is 2.35. The smallest absolute Gasteiger partial charge is 0.419 e. The molecule has 0 bridgehead atoms. The standard InChI is InChI=1S/C17H12F5NO4/c1-2-27-13-4-3-8(5-10(13)17(20,21)22)15(24)23-9-6-11(18)14(16(25)26)12(19)7-9/h3-7H,2H2,1H3,(H,23,24)(H,25,26). The minimum atomic E-state index is -4.79. The first-order valence-corrected chi connectivity index (χ1v) is 7.42. The van der Waals surface area contributed by atoms with Crippen molar-refractivity contribution in [1.82, 2.24) is 0 Å². The molecule has 0 heterocycles. The summed E-state index contributed by atoms with van der Waals surface area (Å²) in [7, 11) is 0. The third kappa shape index (κ3) is 4.52. The van der Waals surface area contributed by atoms with Crippen LogP contribution in [0.4, 0.5) is 27.6 Å². The Morgan fingerprint density at radius 1 is 1.11 bits per heavy atom. The van der Waals surface area contributed by atoms with E-state index in [0.717, 1.165) is 12.1 Å². The zero-order valence-corrected chi connectivity index (χ0v) is 13.7. The quantitative estimate of drug-likeness (QED) is 0.747. The number of rotatable bonds is 5. The van der Waals surface area contributed by atoms with E-state index in [1.807, 2.05) is 5.32 Å². The number of carboxylic acids is 1. The van der Waals surface area contributed by atoms with Crippen LogP contribution in [0.5, 0.6) is 5.75 Å². The number of benzene rings is 2. The van der Waals surface area contributed by atoms with Crippen LogP contribution < -0.4 is 10.1 Å². The molecule has 2 rings (SSSR count). The van der Waals surface area contributed by atoms with E-state index in [9.17, 15) is 31.5 Å². The van der Waals surface area contributed by atoms with E-state index in [0.29, 0.717) is 18.2 Å². The molecule has 5 nitrogen and oxygen atoms in total. The molecule has 0 unspecified atom stereocenters. The molecule has 0 spiro atoms. The van der Waals surface area contributed by atoms with Crippen molar-refractivity contribution in [3.05, 3.63) is 58.7 Å². The molecule has 2 N–H and O–H groups in total. The van der Waals surface area contributed by atoms with Crippen LogP contribution in [0.15, 0.2) is 30.3 Å². The lowest BCUT2D eigenvalue weighted by atomic mass is 10.1. The maximum Gasteiger partial charge on any atom is 0.419 e. The second-order valence-electron chi connectivity index (χ2n) is 5.22. The normalized spacial score (nSPS) is 11.2. The van der Waals surface area contributed by atoms with Gasteiger partial charge in [0.1, 0.15) is 22.9 Å². The fourth-order valence-electron chi connectivity index (χ4n) is 2.23. The van der Waals surface area contributed by atoms with E-state index in [4.69, 9.17) is 9.84 Å². The third-order valence-electron chi connectivity index (χ3n) is 3.36. The van der Waals surface area contributed by atoms with Crippen LogP contribution in [0.25, 0.3) is 0 Å². The van der Waals surface area contributed by atoms with Crippen molar-refractivity contribution in [2.75, 3.05) is 11.9 Å². The van der Waals surface area contributed by atoms with Crippen LogP contribution in [-0.2, 0) is 6.18 Å². The number of alkyl halides is 3. The topological polar surface area (TPSA) is 75.6 Å². The number of carbonyl (C=O) groups excluding carboxylic acids is 1. The summed E-state index contributed by atoms with van der Waals surface area (Å²) in [4.78, 5) is 22.9. The Kier molecular flexibility index (Phi) is 5.67. The summed E-state index contributed by atoms with van der Waals surface area (Å²) in [6, 6.07) is 3.63. The van der Waals surface area contributed by atoms with Gasteiger partial charge in [0.05, 0.1) is 12.2 Å². The minimum Gasteiger partial charge on any atom is -0.493 e. The zero-order valence-electron chi connectivity index (χ0n) is 13.7. The summed E-state index contributed by atoms with van der Waals surface area (Å²) in [5.74, 6) is -6.28. The van der Waals surface area contributed by atoms with Crippen LogP contribution in [-0.4, -0.2) is 23.6 Å². The molecule has 0 aliphatic rings. The second kappa shape index (κ2) is 7.60. The Morgan fingerprint density at radius 3 is 2.19 bits per heavy atom. The van der Waals surface area contributed by atoms with Crippen LogP contribution in [0.3, 0.4) is 0 Å². The summed E-state index contributed by atoms with van der Waals surface area (Å²) < 4.78 is 71.5. The minimum absolute atomic E-state index is 0.0247. The number of halogens is 5. The molecule has 0 aliphatic carbocycles. The van der Waals surface area contributed by atoms with Gasteiger partial charge in [-0.3, -0.25) is 4.79 Å². The van der Waals surface area contributed by atoms with Crippen LogP contribution in [0.2, 0.25) is 0 Å². The molecule has 27 heavy (non-hydrogen) atoms. The zero-order chi connectivity index (χ0) is 20.4. The van der Waals surface area contributed by atoms with Crippen LogP contribution >= 0.6 is 0 Å². The Hall–Kier alpha value is -3.17. The van der Waals surface area contributed by atoms with Gasteiger partial charge in [-0.05, 0) is 37.3 Å². The van der Waals surface area contributed by atoms with Crippen molar-refractivity contribution in [1.29, 1.82) is 0 Å². The van der Waals surface area contributed by atoms with Crippen molar-refractivity contribution in [2.45, 2.75) is 13.1 Å². The summed E-state index contributed by atoms with van der Waals surface area (Å²) in [6.45, 7) is 1.47. The molecule has 0 aliphatic heterocycles. The van der Waals surface area contributed by atoms with E-state index in [2.05, 4.69) is 0 Å².